The van der Waals surface area contributed by atoms with Gasteiger partial charge in [-0.2, -0.15) is 0 Å². The molecule has 0 aliphatic rings. The molecule has 2 atom stereocenters. The van der Waals surface area contributed by atoms with Gasteiger partial charge in [-0.15, -0.1) is 0 Å². The zero-order valence-electron chi connectivity index (χ0n) is 27.5. The summed E-state index contributed by atoms with van der Waals surface area (Å²) < 4.78 is 11.4. The number of rotatable bonds is 16. The van der Waals surface area contributed by atoms with Crippen LogP contribution in [0.3, 0.4) is 0 Å². The summed E-state index contributed by atoms with van der Waals surface area (Å²) in [6.07, 6.45) is 3.15. The Morgan fingerprint density at radius 3 is 1.96 bits per heavy atom. The number of hydrogen-bond donors (Lipinski definition) is 3. The summed E-state index contributed by atoms with van der Waals surface area (Å²) >= 11 is 0. The summed E-state index contributed by atoms with van der Waals surface area (Å²) in [5, 5.41) is 5.74. The molecule has 3 N–H and O–H groups in total. The van der Waals surface area contributed by atoms with E-state index >= 15 is 0 Å². The minimum absolute atomic E-state index is 0.0418. The van der Waals surface area contributed by atoms with E-state index in [2.05, 4.69) is 20.6 Å². The Morgan fingerprint density at radius 2 is 1.35 bits per heavy atom. The number of imidazole rings is 1. The highest BCUT2D eigenvalue weighted by atomic mass is 16.5. The van der Waals surface area contributed by atoms with Crippen molar-refractivity contribution >= 4 is 17.9 Å². The minimum atomic E-state index is -1.05. The number of aromatic amines is 1. The predicted molar refractivity (Wildman–Crippen MR) is 186 cm³/mol. The number of carbonyl (C=O) groups excluding carboxylic acids is 3. The van der Waals surface area contributed by atoms with E-state index in [1.54, 1.807) is 6.20 Å². The van der Waals surface area contributed by atoms with E-state index in [9.17, 15) is 14.4 Å². The van der Waals surface area contributed by atoms with Crippen LogP contribution in [0.5, 0.6) is 5.75 Å². The lowest BCUT2D eigenvalue weighted by Crippen LogP contribution is -2.52. The van der Waals surface area contributed by atoms with Crippen LogP contribution in [0, 0.1) is 0 Å². The molecular formula is C39H41N5O5. The quantitative estimate of drug-likeness (QED) is 0.127. The number of H-pyrrole nitrogens is 1. The molecule has 5 rings (SSSR count). The topological polar surface area (TPSA) is 126 Å². The molecule has 0 aliphatic heterocycles. The van der Waals surface area contributed by atoms with Gasteiger partial charge in [-0.05, 0) is 47.7 Å². The number of hydrogen-bond acceptors (Lipinski definition) is 6. The van der Waals surface area contributed by atoms with Gasteiger partial charge in [-0.25, -0.2) is 9.78 Å². The van der Waals surface area contributed by atoms with E-state index in [0.717, 1.165) is 22.3 Å². The average molecular weight is 660 g/mol. The fraction of sp³-hybridized carbons (Fsp3) is 0.231. The number of nitrogens with one attached hydrogen (secondary N) is 3. The maximum atomic E-state index is 14.2. The molecule has 252 valence electrons. The molecule has 0 spiro atoms. The van der Waals surface area contributed by atoms with E-state index < -0.39 is 18.0 Å². The second kappa shape index (κ2) is 17.9. The third kappa shape index (κ3) is 11.4. The summed E-state index contributed by atoms with van der Waals surface area (Å²) in [5.74, 6) is -0.0862. The Bertz CT molecular complexity index is 1730. The fourth-order valence-electron chi connectivity index (χ4n) is 5.32. The number of alkyl carbamates (subject to hydrolysis) is 1. The molecule has 4 aromatic carbocycles. The van der Waals surface area contributed by atoms with Crippen LogP contribution in [0.25, 0.3) is 0 Å². The lowest BCUT2D eigenvalue weighted by atomic mass is 10.1. The molecule has 1 heterocycles. The maximum absolute atomic E-state index is 14.2. The van der Waals surface area contributed by atoms with E-state index in [-0.39, 0.29) is 38.1 Å². The zero-order chi connectivity index (χ0) is 34.3. The molecule has 10 nitrogen and oxygen atoms in total. The number of benzene rings is 4. The number of amides is 3. The molecule has 1 unspecified atom stereocenters. The van der Waals surface area contributed by atoms with E-state index in [1.165, 1.54) is 11.2 Å². The van der Waals surface area contributed by atoms with Crippen LogP contribution in [0.1, 0.15) is 34.9 Å². The van der Waals surface area contributed by atoms with Gasteiger partial charge >= 0.3 is 6.09 Å². The van der Waals surface area contributed by atoms with Crippen LogP contribution in [-0.4, -0.2) is 51.4 Å². The average Bonchev–Trinajstić information content (AvgIpc) is 3.64. The van der Waals surface area contributed by atoms with Gasteiger partial charge in [0.05, 0.1) is 18.6 Å². The van der Waals surface area contributed by atoms with Crippen molar-refractivity contribution in [3.63, 3.8) is 0 Å². The standard InChI is InChI=1S/C39H41N5O5/c1-29(21-30-11-5-2-6-12-30)42-37(45)25-44(24-31-17-19-35(20-18-31)48-26-32-13-7-3-8-14-32)38(46)36(22-34-23-40-28-41-34)43-39(47)49-27-33-15-9-4-10-16-33/h2-20,23,28-29,36H,21-22,24-27H2,1H3,(H,40,41)(H,42,45)(H,43,47)/t29?,36-/m0/s1. The number of aromatic nitrogens is 2. The van der Waals surface area contributed by atoms with Crippen molar-refractivity contribution in [1.82, 2.24) is 25.5 Å². The van der Waals surface area contributed by atoms with Crippen molar-refractivity contribution in [2.75, 3.05) is 6.54 Å². The first-order valence-electron chi connectivity index (χ1n) is 16.2. The van der Waals surface area contributed by atoms with Crippen molar-refractivity contribution < 1.29 is 23.9 Å². The van der Waals surface area contributed by atoms with Crippen LogP contribution >= 0.6 is 0 Å². The first-order chi connectivity index (χ1) is 23.9. The van der Waals surface area contributed by atoms with Crippen molar-refractivity contribution in [1.29, 1.82) is 0 Å². The highest BCUT2D eigenvalue weighted by Crippen LogP contribution is 2.17. The summed E-state index contributed by atoms with van der Waals surface area (Å²) in [6, 6.07) is 35.2. The third-order valence-electron chi connectivity index (χ3n) is 7.75. The Kier molecular flexibility index (Phi) is 12.6. The molecule has 0 bridgehead atoms. The van der Waals surface area contributed by atoms with Crippen LogP contribution in [0.2, 0.25) is 0 Å². The van der Waals surface area contributed by atoms with Gasteiger partial charge < -0.3 is 30.0 Å². The Labute approximate surface area is 286 Å². The maximum Gasteiger partial charge on any atom is 0.408 e. The third-order valence-corrected chi connectivity index (χ3v) is 7.75. The van der Waals surface area contributed by atoms with Crippen LogP contribution < -0.4 is 15.4 Å². The number of carbonyl (C=O) groups is 3. The molecule has 3 amide bonds. The van der Waals surface area contributed by atoms with Gasteiger partial charge in [0.25, 0.3) is 0 Å². The van der Waals surface area contributed by atoms with Crippen molar-refractivity contribution in [2.45, 2.75) is 51.6 Å². The molecule has 0 saturated carbocycles. The SMILES string of the molecule is CC(Cc1ccccc1)NC(=O)CN(Cc1ccc(OCc2ccccc2)cc1)C(=O)[C@H](Cc1c[nH]cn1)NC(=O)OCc1ccccc1. The van der Waals surface area contributed by atoms with Gasteiger partial charge in [-0.1, -0.05) is 103 Å². The van der Waals surface area contributed by atoms with Gasteiger partial charge in [-0.3, -0.25) is 9.59 Å². The molecular weight excluding hydrogens is 618 g/mol. The normalized spacial score (nSPS) is 11.9. The molecule has 0 radical (unpaired) electrons. The van der Waals surface area contributed by atoms with Gasteiger partial charge in [0.1, 0.15) is 25.0 Å². The smallest absolute Gasteiger partial charge is 0.408 e. The van der Waals surface area contributed by atoms with Crippen molar-refractivity contribution in [3.05, 3.63) is 156 Å². The summed E-state index contributed by atoms with van der Waals surface area (Å²) in [6.45, 7) is 2.29. The summed E-state index contributed by atoms with van der Waals surface area (Å²) in [5.41, 5.74) is 4.31. The Morgan fingerprint density at radius 1 is 0.735 bits per heavy atom. The molecule has 0 saturated heterocycles. The van der Waals surface area contributed by atoms with Crippen LogP contribution in [-0.2, 0) is 46.9 Å². The van der Waals surface area contributed by atoms with E-state index in [1.807, 2.05) is 122 Å². The first kappa shape index (κ1) is 34.4. The second-order valence-electron chi connectivity index (χ2n) is 11.8. The highest BCUT2D eigenvalue weighted by molar-refractivity contribution is 5.89. The molecule has 5 aromatic rings. The Hall–Kier alpha value is -5.90. The molecule has 49 heavy (non-hydrogen) atoms. The Balaban J connectivity index is 1.30. The molecule has 0 fully saturated rings. The van der Waals surface area contributed by atoms with Gasteiger partial charge in [0, 0.05) is 25.2 Å². The van der Waals surface area contributed by atoms with E-state index in [0.29, 0.717) is 24.5 Å². The lowest BCUT2D eigenvalue weighted by molar-refractivity contribution is -0.138. The molecule has 0 aliphatic carbocycles. The molecule has 10 heteroatoms. The number of nitrogens with zero attached hydrogens (tertiary/aromatic N) is 2. The monoisotopic (exact) mass is 659 g/mol. The van der Waals surface area contributed by atoms with Gasteiger partial charge in [0.2, 0.25) is 11.8 Å². The summed E-state index contributed by atoms with van der Waals surface area (Å²) in [4.78, 5) is 49.2. The number of ether oxygens (including phenoxy) is 2. The van der Waals surface area contributed by atoms with Gasteiger partial charge in [0.15, 0.2) is 0 Å². The highest BCUT2D eigenvalue weighted by Gasteiger charge is 2.29. The van der Waals surface area contributed by atoms with Crippen LogP contribution in [0.4, 0.5) is 4.79 Å². The largest absolute Gasteiger partial charge is 0.489 e. The van der Waals surface area contributed by atoms with Crippen LogP contribution in [0.15, 0.2) is 128 Å². The lowest BCUT2D eigenvalue weighted by Gasteiger charge is -2.28. The predicted octanol–water partition coefficient (Wildman–Crippen LogP) is 5.60. The summed E-state index contributed by atoms with van der Waals surface area (Å²) in [7, 11) is 0. The molecule has 1 aromatic heterocycles. The van der Waals surface area contributed by atoms with Crippen molar-refractivity contribution in [2.24, 2.45) is 0 Å². The van der Waals surface area contributed by atoms with Crippen molar-refractivity contribution in [3.8, 4) is 5.75 Å². The second-order valence-corrected chi connectivity index (χ2v) is 11.8. The fourth-order valence-corrected chi connectivity index (χ4v) is 5.32. The zero-order valence-corrected chi connectivity index (χ0v) is 27.5. The minimum Gasteiger partial charge on any atom is -0.489 e. The van der Waals surface area contributed by atoms with E-state index in [4.69, 9.17) is 9.47 Å². The first-order valence-corrected chi connectivity index (χ1v) is 16.2.